The Kier molecular flexibility index (Phi) is 3.69. The summed E-state index contributed by atoms with van der Waals surface area (Å²) >= 11 is 0. The molecule has 3 aromatic rings. The molecular weight excluding hydrogens is 305 g/mol. The fourth-order valence-electron chi connectivity index (χ4n) is 2.48. The molecule has 3 rings (SSSR count). The van der Waals surface area contributed by atoms with Crippen molar-refractivity contribution < 1.29 is 18.3 Å². The van der Waals surface area contributed by atoms with Gasteiger partial charge in [-0.05, 0) is 23.3 Å². The molecule has 0 radical (unpaired) electrons. The molecule has 0 aliphatic rings. The minimum Gasteiger partial charge on any atom is -0.373 e. The first kappa shape index (κ1) is 15.3. The van der Waals surface area contributed by atoms with Crippen molar-refractivity contribution in [1.82, 2.24) is 9.97 Å². The zero-order valence-electron chi connectivity index (χ0n) is 11.9. The minimum absolute atomic E-state index is 0.239. The van der Waals surface area contributed by atoms with Crippen LogP contribution in [0.25, 0.3) is 0 Å². The van der Waals surface area contributed by atoms with Gasteiger partial charge in [-0.25, -0.2) is 4.98 Å². The van der Waals surface area contributed by atoms with Crippen LogP contribution in [0.4, 0.5) is 13.2 Å². The number of nitrogens with one attached hydrogen (secondary N) is 1. The second-order valence-electron chi connectivity index (χ2n) is 5.09. The Labute approximate surface area is 130 Å². The third kappa shape index (κ3) is 2.73. The summed E-state index contributed by atoms with van der Waals surface area (Å²) in [5.74, 6) is 0.239. The van der Waals surface area contributed by atoms with Gasteiger partial charge in [0, 0.05) is 12.4 Å². The highest BCUT2D eigenvalue weighted by Gasteiger charge is 2.37. The normalized spacial score (nSPS) is 14.4. The van der Waals surface area contributed by atoms with Crippen LogP contribution in [0.2, 0.25) is 0 Å². The highest BCUT2D eigenvalue weighted by Crippen LogP contribution is 2.36. The number of rotatable bonds is 3. The molecule has 2 aromatic carbocycles. The van der Waals surface area contributed by atoms with Crippen LogP contribution in [0.3, 0.4) is 0 Å². The van der Waals surface area contributed by atoms with E-state index in [0.29, 0.717) is 11.1 Å². The van der Waals surface area contributed by atoms with Crippen LogP contribution in [0.1, 0.15) is 22.5 Å². The second-order valence-corrected chi connectivity index (χ2v) is 5.09. The first-order chi connectivity index (χ1) is 10.9. The molecule has 0 bridgehead atoms. The summed E-state index contributed by atoms with van der Waals surface area (Å²) in [6, 6.07) is 13.1. The smallest absolute Gasteiger partial charge is 0.373 e. The summed E-state index contributed by atoms with van der Waals surface area (Å²) < 4.78 is 38.2. The van der Waals surface area contributed by atoms with Crippen LogP contribution in [0.15, 0.2) is 67.0 Å². The van der Waals surface area contributed by atoms with Gasteiger partial charge in [0.1, 0.15) is 5.82 Å². The Bertz CT molecular complexity index is 768. The maximum absolute atomic E-state index is 12.7. The zero-order valence-corrected chi connectivity index (χ0v) is 11.9. The Morgan fingerprint density at radius 1 is 0.826 bits per heavy atom. The topological polar surface area (TPSA) is 48.9 Å². The highest BCUT2D eigenvalue weighted by molar-refractivity contribution is 5.43. The molecule has 0 saturated carbocycles. The highest BCUT2D eigenvalue weighted by atomic mass is 19.4. The van der Waals surface area contributed by atoms with Gasteiger partial charge in [0.25, 0.3) is 0 Å². The number of aliphatic hydroxyl groups is 1. The van der Waals surface area contributed by atoms with Gasteiger partial charge in [-0.15, -0.1) is 0 Å². The summed E-state index contributed by atoms with van der Waals surface area (Å²) in [6.07, 6.45) is -1.39. The van der Waals surface area contributed by atoms with E-state index in [1.165, 1.54) is 18.3 Å². The summed E-state index contributed by atoms with van der Waals surface area (Å²) in [4.78, 5) is 6.92. The number of hydrogen-bond donors (Lipinski definition) is 2. The van der Waals surface area contributed by atoms with Gasteiger partial charge in [0.05, 0.1) is 5.56 Å². The summed E-state index contributed by atoms with van der Waals surface area (Å²) in [5, 5.41) is 11.2. The molecule has 1 atom stereocenters. The molecule has 2 N–H and O–H groups in total. The van der Waals surface area contributed by atoms with Crippen molar-refractivity contribution >= 4 is 0 Å². The number of hydrogen-bond acceptors (Lipinski definition) is 2. The van der Waals surface area contributed by atoms with Gasteiger partial charge >= 0.3 is 6.18 Å². The van der Waals surface area contributed by atoms with Gasteiger partial charge in [0.15, 0.2) is 5.60 Å². The molecule has 0 aliphatic carbocycles. The summed E-state index contributed by atoms with van der Waals surface area (Å²) in [7, 11) is 0. The molecule has 118 valence electrons. The van der Waals surface area contributed by atoms with Gasteiger partial charge in [-0.1, -0.05) is 42.5 Å². The van der Waals surface area contributed by atoms with Crippen LogP contribution >= 0.6 is 0 Å². The maximum atomic E-state index is 12.7. The minimum atomic E-state index is -4.42. The fraction of sp³-hybridized carbons (Fsp3) is 0.118. The Morgan fingerprint density at radius 2 is 1.39 bits per heavy atom. The third-order valence-electron chi connectivity index (χ3n) is 3.66. The SMILES string of the molecule is OC(c1ccccc1)(c1ccc(C(F)(F)F)cc1)c1ncc[nH]1. The summed E-state index contributed by atoms with van der Waals surface area (Å²) in [6.45, 7) is 0. The van der Waals surface area contributed by atoms with E-state index in [0.717, 1.165) is 12.1 Å². The molecule has 0 fully saturated rings. The van der Waals surface area contributed by atoms with Crippen LogP contribution in [0, 0.1) is 0 Å². The summed E-state index contributed by atoms with van der Waals surface area (Å²) in [5.41, 5.74) is -1.62. The van der Waals surface area contributed by atoms with Gasteiger partial charge in [0.2, 0.25) is 0 Å². The number of nitrogens with zero attached hydrogens (tertiary/aromatic N) is 1. The maximum Gasteiger partial charge on any atom is 0.416 e. The number of H-pyrrole nitrogens is 1. The van der Waals surface area contributed by atoms with E-state index in [2.05, 4.69) is 9.97 Å². The number of aromatic nitrogens is 2. The molecular formula is C17H13F3N2O. The molecule has 23 heavy (non-hydrogen) atoms. The molecule has 1 heterocycles. The number of halogens is 3. The molecule has 6 heteroatoms. The Morgan fingerprint density at radius 3 is 1.91 bits per heavy atom. The average molecular weight is 318 g/mol. The number of benzene rings is 2. The van der Waals surface area contributed by atoms with Crippen molar-refractivity contribution in [1.29, 1.82) is 0 Å². The van der Waals surface area contributed by atoms with E-state index in [4.69, 9.17) is 0 Å². The Hall–Kier alpha value is -2.60. The monoisotopic (exact) mass is 318 g/mol. The lowest BCUT2D eigenvalue weighted by atomic mass is 9.85. The van der Waals surface area contributed by atoms with Gasteiger partial charge in [-0.2, -0.15) is 13.2 Å². The third-order valence-corrected chi connectivity index (χ3v) is 3.66. The average Bonchev–Trinajstić information content (AvgIpc) is 3.09. The van der Waals surface area contributed by atoms with E-state index in [1.807, 2.05) is 0 Å². The van der Waals surface area contributed by atoms with E-state index < -0.39 is 17.3 Å². The number of aromatic amines is 1. The zero-order chi connectivity index (χ0) is 16.5. The van der Waals surface area contributed by atoms with Crippen molar-refractivity contribution in [3.05, 3.63) is 89.5 Å². The van der Waals surface area contributed by atoms with E-state index in [9.17, 15) is 18.3 Å². The Balaban J connectivity index is 2.14. The first-order valence-corrected chi connectivity index (χ1v) is 6.88. The lowest BCUT2D eigenvalue weighted by Crippen LogP contribution is -2.30. The molecule has 0 saturated heterocycles. The van der Waals surface area contributed by atoms with Gasteiger partial charge < -0.3 is 10.1 Å². The van der Waals surface area contributed by atoms with Crippen molar-refractivity contribution in [3.63, 3.8) is 0 Å². The second kappa shape index (κ2) is 5.55. The molecule has 1 aromatic heterocycles. The van der Waals surface area contributed by atoms with Crippen molar-refractivity contribution in [2.45, 2.75) is 11.8 Å². The molecule has 0 amide bonds. The number of imidazole rings is 1. The van der Waals surface area contributed by atoms with Crippen LogP contribution in [-0.4, -0.2) is 15.1 Å². The van der Waals surface area contributed by atoms with Crippen LogP contribution in [-0.2, 0) is 11.8 Å². The molecule has 1 unspecified atom stereocenters. The van der Waals surface area contributed by atoms with E-state index in [1.54, 1.807) is 36.5 Å². The van der Waals surface area contributed by atoms with Crippen LogP contribution < -0.4 is 0 Å². The molecule has 0 aliphatic heterocycles. The fourth-order valence-corrected chi connectivity index (χ4v) is 2.48. The lowest BCUT2D eigenvalue weighted by Gasteiger charge is -2.27. The predicted octanol–water partition coefficient (Wildman–Crippen LogP) is 3.71. The molecule has 0 spiro atoms. The molecule has 3 nitrogen and oxygen atoms in total. The van der Waals surface area contributed by atoms with Crippen molar-refractivity contribution in [2.24, 2.45) is 0 Å². The van der Waals surface area contributed by atoms with E-state index in [-0.39, 0.29) is 5.82 Å². The quantitative estimate of drug-likeness (QED) is 0.773. The van der Waals surface area contributed by atoms with Gasteiger partial charge in [-0.3, -0.25) is 0 Å². The predicted molar refractivity (Wildman–Crippen MR) is 78.6 cm³/mol. The first-order valence-electron chi connectivity index (χ1n) is 6.88. The van der Waals surface area contributed by atoms with Crippen LogP contribution in [0.5, 0.6) is 0 Å². The van der Waals surface area contributed by atoms with E-state index >= 15 is 0 Å². The largest absolute Gasteiger partial charge is 0.416 e. The van der Waals surface area contributed by atoms with Crippen molar-refractivity contribution in [3.8, 4) is 0 Å². The number of alkyl halides is 3. The standard InChI is InChI=1S/C17H13F3N2O/c18-17(19,20)14-8-6-13(7-9-14)16(23,15-21-10-11-22-15)12-4-2-1-3-5-12/h1-11,23H,(H,21,22). The van der Waals surface area contributed by atoms with Crippen molar-refractivity contribution in [2.75, 3.05) is 0 Å². The lowest BCUT2D eigenvalue weighted by molar-refractivity contribution is -0.137.